The van der Waals surface area contributed by atoms with Crippen LogP contribution in [-0.2, 0) is 13.1 Å². The molecular weight excluding hydrogens is 485 g/mol. The van der Waals surface area contributed by atoms with E-state index in [1.807, 2.05) is 12.1 Å². The van der Waals surface area contributed by atoms with Gasteiger partial charge in [0.25, 0.3) is 5.84 Å². The summed E-state index contributed by atoms with van der Waals surface area (Å²) in [5.74, 6) is 1.29. The number of nitrogens with zero attached hydrogens (tertiary/aromatic N) is 2. The van der Waals surface area contributed by atoms with Gasteiger partial charge < -0.3 is 0 Å². The molecular formula is C23H22ClF6N2P. The molecule has 0 fully saturated rings. The van der Waals surface area contributed by atoms with Crippen LogP contribution in [-0.4, -0.2) is 28.4 Å². The molecule has 0 atom stereocenters. The van der Waals surface area contributed by atoms with Crippen molar-refractivity contribution in [2.45, 2.75) is 13.1 Å². The van der Waals surface area contributed by atoms with Crippen molar-refractivity contribution in [1.29, 1.82) is 0 Å². The van der Waals surface area contributed by atoms with Gasteiger partial charge in [0, 0.05) is 5.02 Å². The average Bonchev–Trinajstić information content (AvgIpc) is 3.10. The first kappa shape index (κ1) is 25.1. The van der Waals surface area contributed by atoms with Crippen LogP contribution in [0.1, 0.15) is 16.7 Å². The van der Waals surface area contributed by atoms with Crippen LogP contribution < -0.4 is 0 Å². The van der Waals surface area contributed by atoms with E-state index in [0.717, 1.165) is 31.2 Å². The van der Waals surface area contributed by atoms with Crippen LogP contribution in [0.25, 0.3) is 0 Å². The molecule has 0 unspecified atom stereocenters. The van der Waals surface area contributed by atoms with Crippen LogP contribution >= 0.6 is 19.4 Å². The van der Waals surface area contributed by atoms with Crippen LogP contribution in [0.2, 0.25) is 5.02 Å². The second-order valence-corrected chi connectivity index (χ2v) is 9.96. The topological polar surface area (TPSA) is 6.25 Å². The van der Waals surface area contributed by atoms with E-state index in [2.05, 4.69) is 82.3 Å². The minimum absolute atomic E-state index is 0.775. The predicted octanol–water partition coefficient (Wildman–Crippen LogP) is 8.20. The number of benzene rings is 3. The number of hydrogen-bond donors (Lipinski definition) is 0. The number of rotatable bonds is 5. The first-order chi connectivity index (χ1) is 15.2. The average molecular weight is 507 g/mol. The van der Waals surface area contributed by atoms with Gasteiger partial charge in [-0.25, -0.2) is 0 Å². The van der Waals surface area contributed by atoms with Crippen LogP contribution in [0.3, 0.4) is 0 Å². The third kappa shape index (κ3) is 9.44. The van der Waals surface area contributed by atoms with Gasteiger partial charge >= 0.3 is 33.0 Å². The maximum absolute atomic E-state index is 10.7. The van der Waals surface area contributed by atoms with Gasteiger partial charge in [-0.3, -0.25) is 9.48 Å². The van der Waals surface area contributed by atoms with E-state index in [1.54, 1.807) is 0 Å². The third-order valence-corrected chi connectivity index (χ3v) is 5.03. The quantitative estimate of drug-likeness (QED) is 0.192. The fourth-order valence-corrected chi connectivity index (χ4v) is 3.66. The Balaban J connectivity index is 0.000000383. The van der Waals surface area contributed by atoms with E-state index < -0.39 is 7.81 Å². The summed E-state index contributed by atoms with van der Waals surface area (Å²) in [7, 11) is -10.7. The molecule has 1 heterocycles. The molecule has 0 radical (unpaired) electrons. The zero-order valence-corrected chi connectivity index (χ0v) is 19.0. The van der Waals surface area contributed by atoms with Crippen molar-refractivity contribution in [3.8, 4) is 0 Å². The first-order valence-electron chi connectivity index (χ1n) is 10.0. The van der Waals surface area contributed by atoms with Crippen molar-refractivity contribution in [2.24, 2.45) is 0 Å². The maximum atomic E-state index is 9.87. The van der Waals surface area contributed by atoms with Gasteiger partial charge in [-0.05, 0) is 35.4 Å². The van der Waals surface area contributed by atoms with Gasteiger partial charge in [0.15, 0.2) is 0 Å². The number of halogens is 7. The molecule has 1 aliphatic heterocycles. The Kier molecular flexibility index (Phi) is 6.83. The number of hydrogen-bond acceptors (Lipinski definition) is 1. The summed E-state index contributed by atoms with van der Waals surface area (Å²) >= 11 is 6.11. The molecule has 1 aliphatic rings. The molecule has 4 rings (SSSR count). The first-order valence-corrected chi connectivity index (χ1v) is 12.4. The standard InChI is InChI=1S/C23H22ClN2.F6P/c24-22-13-11-21(12-14-22)23-25(17-19-7-3-1-4-8-19)15-16-26(23)18-20-9-5-2-6-10-20;1-7(2,3,4,5)6/h1-14H,15-18H2;/q+1;-1. The van der Waals surface area contributed by atoms with Crippen molar-refractivity contribution in [1.82, 2.24) is 4.90 Å². The third-order valence-electron chi connectivity index (χ3n) is 4.77. The molecule has 3 aromatic carbocycles. The summed E-state index contributed by atoms with van der Waals surface area (Å²) in [5, 5.41) is 0.775. The van der Waals surface area contributed by atoms with Crippen molar-refractivity contribution in [3.63, 3.8) is 0 Å². The summed E-state index contributed by atoms with van der Waals surface area (Å²) in [4.78, 5) is 2.47. The van der Waals surface area contributed by atoms with E-state index in [-0.39, 0.29) is 0 Å². The molecule has 0 saturated heterocycles. The Morgan fingerprint density at radius 1 is 0.727 bits per heavy atom. The van der Waals surface area contributed by atoms with E-state index in [9.17, 15) is 25.2 Å². The Morgan fingerprint density at radius 2 is 1.21 bits per heavy atom. The fourth-order valence-electron chi connectivity index (χ4n) is 3.53. The Bertz CT molecular complexity index is 1090. The summed E-state index contributed by atoms with van der Waals surface area (Å²) in [5.41, 5.74) is 3.89. The van der Waals surface area contributed by atoms with E-state index >= 15 is 0 Å². The molecule has 3 aromatic rings. The monoisotopic (exact) mass is 506 g/mol. The van der Waals surface area contributed by atoms with Gasteiger partial charge in [-0.15, -0.1) is 0 Å². The number of amidine groups is 1. The summed E-state index contributed by atoms with van der Waals surface area (Å²) in [6.07, 6.45) is 0. The summed E-state index contributed by atoms with van der Waals surface area (Å²) in [6, 6.07) is 29.5. The molecule has 0 aliphatic carbocycles. The van der Waals surface area contributed by atoms with Crippen LogP contribution in [0.5, 0.6) is 0 Å². The van der Waals surface area contributed by atoms with Crippen LogP contribution in [0, 0.1) is 0 Å². The Labute approximate surface area is 193 Å². The predicted molar refractivity (Wildman–Crippen MR) is 121 cm³/mol. The second kappa shape index (κ2) is 8.99. The van der Waals surface area contributed by atoms with Crippen LogP contribution in [0.4, 0.5) is 25.2 Å². The van der Waals surface area contributed by atoms with E-state index in [0.29, 0.717) is 0 Å². The van der Waals surface area contributed by atoms with Crippen LogP contribution in [0.15, 0.2) is 84.9 Å². The van der Waals surface area contributed by atoms with Gasteiger partial charge in [0.1, 0.15) is 26.2 Å². The SMILES string of the molecule is Clc1ccc(C2=[N+](Cc3ccccc3)CCN2Cc2ccccc2)cc1.F[P-](F)(F)(F)(F)F. The minimum atomic E-state index is -10.7. The second-order valence-electron chi connectivity index (χ2n) is 7.60. The molecule has 178 valence electrons. The zero-order chi connectivity index (χ0) is 24.2. The molecule has 0 bridgehead atoms. The van der Waals surface area contributed by atoms with E-state index in [1.165, 1.54) is 22.5 Å². The molecule has 0 aromatic heterocycles. The van der Waals surface area contributed by atoms with Gasteiger partial charge in [-0.2, -0.15) is 0 Å². The van der Waals surface area contributed by atoms with Gasteiger partial charge in [-0.1, -0.05) is 72.3 Å². The van der Waals surface area contributed by atoms with Crippen molar-refractivity contribution < 1.29 is 29.8 Å². The van der Waals surface area contributed by atoms with Crippen molar-refractivity contribution >= 4 is 25.2 Å². The molecule has 10 heteroatoms. The fraction of sp³-hybridized carbons (Fsp3) is 0.174. The Morgan fingerprint density at radius 3 is 1.73 bits per heavy atom. The molecule has 0 saturated carbocycles. The van der Waals surface area contributed by atoms with Crippen molar-refractivity contribution in [2.75, 3.05) is 13.1 Å². The van der Waals surface area contributed by atoms with Gasteiger partial charge in [0.2, 0.25) is 0 Å². The summed E-state index contributed by atoms with van der Waals surface area (Å²) < 4.78 is 61.7. The molecule has 2 nitrogen and oxygen atoms in total. The van der Waals surface area contributed by atoms with E-state index in [4.69, 9.17) is 11.6 Å². The molecule has 33 heavy (non-hydrogen) atoms. The normalized spacial score (nSPS) is 16.0. The van der Waals surface area contributed by atoms with Gasteiger partial charge in [0.05, 0.1) is 5.56 Å². The summed E-state index contributed by atoms with van der Waals surface area (Å²) in [6.45, 7) is 3.90. The Hall–Kier alpha value is -2.57. The van der Waals surface area contributed by atoms with Crippen molar-refractivity contribution in [3.05, 3.63) is 107 Å². The zero-order valence-electron chi connectivity index (χ0n) is 17.4. The molecule has 0 N–H and O–H groups in total. The molecule has 0 amide bonds. The molecule has 0 spiro atoms.